The minimum atomic E-state index is -4.61. The molecule has 0 N–H and O–H groups in total. The second kappa shape index (κ2) is 14.4. The van der Waals surface area contributed by atoms with E-state index in [-0.39, 0.29) is 39.3 Å². The van der Waals surface area contributed by atoms with Gasteiger partial charge in [0, 0.05) is 0 Å². The van der Waals surface area contributed by atoms with E-state index in [2.05, 4.69) is 84.0 Å². The van der Waals surface area contributed by atoms with Gasteiger partial charge in [0.2, 0.25) is 0 Å². The molecular formula is C41H38Cl2F6Zr. The number of rotatable bonds is 4. The Morgan fingerprint density at radius 1 is 0.580 bits per heavy atom. The van der Waals surface area contributed by atoms with Gasteiger partial charge < -0.3 is 24.8 Å². The molecule has 0 saturated carbocycles. The summed E-state index contributed by atoms with van der Waals surface area (Å²) in [6.07, 6.45) is -0.509. The maximum absolute atomic E-state index is 14.1. The Morgan fingerprint density at radius 3 is 1.56 bits per heavy atom. The van der Waals surface area contributed by atoms with Crippen LogP contribution in [0.25, 0.3) is 11.1 Å². The molecule has 0 heterocycles. The smallest absolute Gasteiger partial charge is 1.00 e. The van der Waals surface area contributed by atoms with Crippen LogP contribution in [-0.2, 0) is 50.9 Å². The third-order valence-electron chi connectivity index (χ3n) is 9.35. The molecule has 0 nitrogen and oxygen atoms in total. The van der Waals surface area contributed by atoms with Gasteiger partial charge >= 0.3 is 288 Å². The van der Waals surface area contributed by atoms with Crippen LogP contribution in [0.5, 0.6) is 0 Å². The van der Waals surface area contributed by atoms with Gasteiger partial charge in [-0.2, -0.15) is 0 Å². The number of fused-ring (bicyclic) bond motifs is 3. The Balaban J connectivity index is 0.00000281. The third kappa shape index (κ3) is 8.01. The number of alkyl halides is 6. The quantitative estimate of drug-likeness (QED) is 0.216. The molecule has 0 bridgehead atoms. The van der Waals surface area contributed by atoms with Crippen molar-refractivity contribution in [2.45, 2.75) is 74.8 Å². The third-order valence-corrected chi connectivity index (χ3v) is 17.2. The summed E-state index contributed by atoms with van der Waals surface area (Å²) >= 11 is -3.55. The van der Waals surface area contributed by atoms with Crippen LogP contribution in [0.4, 0.5) is 26.3 Å². The Kier molecular flexibility index (Phi) is 11.5. The van der Waals surface area contributed by atoms with Gasteiger partial charge in [-0.3, -0.25) is 0 Å². The first kappa shape index (κ1) is 40.0. The zero-order valence-electron chi connectivity index (χ0n) is 28.6. The fourth-order valence-corrected chi connectivity index (χ4v) is 15.0. The molecule has 0 saturated heterocycles. The summed E-state index contributed by atoms with van der Waals surface area (Å²) in [4.78, 5) is 0. The van der Waals surface area contributed by atoms with Crippen molar-refractivity contribution in [3.05, 3.63) is 148 Å². The van der Waals surface area contributed by atoms with Crippen LogP contribution in [0, 0.1) is 0 Å². The molecule has 0 aliphatic heterocycles. The molecule has 4 aromatic rings. The number of benzene rings is 4. The van der Waals surface area contributed by atoms with E-state index >= 15 is 0 Å². The zero-order chi connectivity index (χ0) is 34.8. The average Bonchev–Trinajstić information content (AvgIpc) is 3.66. The Morgan fingerprint density at radius 2 is 1.08 bits per heavy atom. The molecule has 0 spiro atoms. The molecule has 6 rings (SSSR count). The van der Waals surface area contributed by atoms with Crippen LogP contribution >= 0.6 is 0 Å². The Labute approximate surface area is 310 Å². The molecule has 262 valence electrons. The van der Waals surface area contributed by atoms with E-state index in [0.717, 1.165) is 49.8 Å². The van der Waals surface area contributed by atoms with E-state index in [4.69, 9.17) is 0 Å². The predicted octanol–water partition coefficient (Wildman–Crippen LogP) is 5.33. The summed E-state index contributed by atoms with van der Waals surface area (Å²) < 4.78 is 86.5. The topological polar surface area (TPSA) is 0 Å². The fraction of sp³-hybridized carbons (Fsp3) is 0.293. The molecule has 2 aliphatic rings. The average molecular weight is 807 g/mol. The van der Waals surface area contributed by atoms with Gasteiger partial charge in [0.15, 0.2) is 0 Å². The van der Waals surface area contributed by atoms with E-state index in [1.165, 1.54) is 23.3 Å². The molecule has 9 heteroatoms. The maximum atomic E-state index is 14.1. The van der Waals surface area contributed by atoms with Crippen molar-refractivity contribution in [2.24, 2.45) is 0 Å². The van der Waals surface area contributed by atoms with E-state index in [1.54, 1.807) is 12.1 Å². The molecule has 0 atom stereocenters. The van der Waals surface area contributed by atoms with Crippen LogP contribution in [0.3, 0.4) is 0 Å². The van der Waals surface area contributed by atoms with Crippen molar-refractivity contribution in [3.63, 3.8) is 0 Å². The van der Waals surface area contributed by atoms with E-state index in [0.29, 0.717) is 20.8 Å². The summed E-state index contributed by atoms with van der Waals surface area (Å²) in [6, 6.07) is 21.4. The van der Waals surface area contributed by atoms with Crippen molar-refractivity contribution in [1.82, 2.24) is 0 Å². The molecule has 4 aromatic carbocycles. The number of hydrogen-bond acceptors (Lipinski definition) is 0. The van der Waals surface area contributed by atoms with Crippen molar-refractivity contribution >= 4 is 6.48 Å². The molecule has 50 heavy (non-hydrogen) atoms. The summed E-state index contributed by atoms with van der Waals surface area (Å²) in [5.74, 6) is 0. The second-order valence-corrected chi connectivity index (χ2v) is 21.1. The summed E-state index contributed by atoms with van der Waals surface area (Å²) in [5.41, 5.74) is 5.60. The monoisotopic (exact) mass is 804 g/mol. The summed E-state index contributed by atoms with van der Waals surface area (Å²) in [6.45, 7) is 13.0. The van der Waals surface area contributed by atoms with Crippen molar-refractivity contribution in [1.29, 1.82) is 0 Å². The van der Waals surface area contributed by atoms with Crippen molar-refractivity contribution < 1.29 is 72.4 Å². The van der Waals surface area contributed by atoms with E-state index in [9.17, 15) is 26.3 Å². The van der Waals surface area contributed by atoms with E-state index < -0.39 is 44.7 Å². The van der Waals surface area contributed by atoms with Crippen LogP contribution < -0.4 is 28.1 Å². The number of hydrogen-bond donors (Lipinski definition) is 0. The minimum Gasteiger partial charge on any atom is -1.00 e. The first-order valence-corrected chi connectivity index (χ1v) is 20.0. The fourth-order valence-electron chi connectivity index (χ4n) is 6.70. The van der Waals surface area contributed by atoms with Crippen molar-refractivity contribution in [2.75, 3.05) is 0 Å². The SMILES string of the molecule is CC(C)(C)c1ccc2c(c1)-c1cc(C(C)(C)C)c[c]([Zr+2](=[C](c3cccc(C(F)(F)F)c3)c3cccc(C(F)(F)F)c3)[CH]3C=CC=C3)c1C2.[Cl-].[Cl-]. The Hall–Kier alpha value is -2.73. The van der Waals surface area contributed by atoms with Gasteiger partial charge in [-0.05, 0) is 0 Å². The maximum Gasteiger partial charge on any atom is -1.00 e. The van der Waals surface area contributed by atoms with Crippen molar-refractivity contribution in [3.8, 4) is 11.1 Å². The van der Waals surface area contributed by atoms with Crippen LogP contribution in [0.1, 0.15) is 86.1 Å². The zero-order valence-corrected chi connectivity index (χ0v) is 32.6. The van der Waals surface area contributed by atoms with Gasteiger partial charge in [-0.15, -0.1) is 0 Å². The molecule has 0 unspecified atom stereocenters. The van der Waals surface area contributed by atoms with E-state index in [1.807, 2.05) is 12.2 Å². The predicted molar refractivity (Wildman–Crippen MR) is 180 cm³/mol. The molecule has 0 fully saturated rings. The number of halogens is 8. The first-order valence-electron chi connectivity index (χ1n) is 16.1. The largest absolute Gasteiger partial charge is 1.00 e. The van der Waals surface area contributed by atoms with Gasteiger partial charge in [-0.25, -0.2) is 0 Å². The van der Waals surface area contributed by atoms with Gasteiger partial charge in [-0.1, -0.05) is 0 Å². The normalized spacial score (nSPS) is 14.0. The van der Waals surface area contributed by atoms with Crippen LogP contribution in [0.15, 0.2) is 103 Å². The molecule has 0 amide bonds. The first-order chi connectivity index (χ1) is 22.3. The molecule has 0 radical (unpaired) electrons. The Bertz CT molecular complexity index is 1930. The minimum absolute atomic E-state index is 0. The molecule has 0 aromatic heterocycles. The number of allylic oxidation sites excluding steroid dienone is 4. The standard InChI is InChI=1S/C21H25.C15H8F6.C5H5.2ClH.Zr/c1-20(2,3)16-9-7-14-11-15-8-10-17(21(4,5)6)13-19(15)18(14)12-16;16-14(17,18)12-5-1-3-10(8-12)7-11-4-2-6-13(9-11)15(19,20)21;1-2-4-5-3-1;;;/h7,9-10,12-13H,11H2,1-6H3;1-6,8-9H;1-5H;2*1H;/q;;;;;+2/p-2. The van der Waals surface area contributed by atoms with Crippen LogP contribution in [-0.4, -0.2) is 3.21 Å². The summed E-state index contributed by atoms with van der Waals surface area (Å²) in [7, 11) is 0. The summed E-state index contributed by atoms with van der Waals surface area (Å²) in [5, 5.41) is 0. The van der Waals surface area contributed by atoms with Crippen LogP contribution in [0.2, 0.25) is 3.63 Å². The van der Waals surface area contributed by atoms with Gasteiger partial charge in [0.1, 0.15) is 0 Å². The van der Waals surface area contributed by atoms with Gasteiger partial charge in [0.05, 0.1) is 0 Å². The second-order valence-electron chi connectivity index (χ2n) is 14.8. The van der Waals surface area contributed by atoms with Gasteiger partial charge in [0.25, 0.3) is 0 Å². The molecule has 2 aliphatic carbocycles. The molecular weight excluding hydrogens is 769 g/mol.